The largest absolute Gasteiger partial charge is 0.335 e. The zero-order valence-electron chi connectivity index (χ0n) is 16.7. The van der Waals surface area contributed by atoms with Gasteiger partial charge in [0.2, 0.25) is 5.91 Å². The number of H-pyrrole nitrogens is 1. The lowest BCUT2D eigenvalue weighted by Gasteiger charge is -2.29. The van der Waals surface area contributed by atoms with Gasteiger partial charge in [0.05, 0.1) is 11.7 Å². The minimum absolute atomic E-state index is 0.210. The van der Waals surface area contributed by atoms with Gasteiger partial charge in [-0.15, -0.1) is 0 Å². The minimum atomic E-state index is 0.210. The van der Waals surface area contributed by atoms with Crippen molar-refractivity contribution in [1.29, 1.82) is 0 Å². The number of nitrogens with one attached hydrogen (secondary N) is 2. The van der Waals surface area contributed by atoms with Crippen LogP contribution in [-0.2, 0) is 24.1 Å². The van der Waals surface area contributed by atoms with Crippen molar-refractivity contribution >= 4 is 5.91 Å². The molecular weight excluding hydrogens is 348 g/mol. The molecule has 2 aliphatic heterocycles. The van der Waals surface area contributed by atoms with Gasteiger partial charge in [0.1, 0.15) is 0 Å². The molecule has 1 aromatic carbocycles. The van der Waals surface area contributed by atoms with E-state index >= 15 is 0 Å². The highest BCUT2D eigenvalue weighted by molar-refractivity contribution is 5.77. The third-order valence-corrected chi connectivity index (χ3v) is 7.11. The Morgan fingerprint density at radius 2 is 2.07 bits per heavy atom. The monoisotopic (exact) mass is 378 g/mol. The summed E-state index contributed by atoms with van der Waals surface area (Å²) in [6.07, 6.45) is 6.03. The molecule has 1 aromatic heterocycles. The molecule has 28 heavy (non-hydrogen) atoms. The van der Waals surface area contributed by atoms with Gasteiger partial charge in [-0.2, -0.15) is 5.10 Å². The fraction of sp³-hybridized carbons (Fsp3) is 0.565. The number of fused-ring (bicyclic) bond motifs is 2. The van der Waals surface area contributed by atoms with Crippen molar-refractivity contribution in [3.05, 3.63) is 52.3 Å². The molecule has 5 heteroatoms. The van der Waals surface area contributed by atoms with E-state index in [0.29, 0.717) is 18.3 Å². The fourth-order valence-corrected chi connectivity index (χ4v) is 5.62. The van der Waals surface area contributed by atoms with Gasteiger partial charge in [0.25, 0.3) is 0 Å². The predicted octanol–water partition coefficient (Wildman–Crippen LogP) is 2.95. The first-order chi connectivity index (χ1) is 13.7. The Morgan fingerprint density at radius 1 is 1.21 bits per heavy atom. The summed E-state index contributed by atoms with van der Waals surface area (Å²) in [5, 5.41) is 11.3. The summed E-state index contributed by atoms with van der Waals surface area (Å²) >= 11 is 0. The van der Waals surface area contributed by atoms with E-state index in [9.17, 15) is 4.79 Å². The molecule has 0 saturated carbocycles. The van der Waals surface area contributed by atoms with Crippen LogP contribution in [0.5, 0.6) is 0 Å². The third kappa shape index (κ3) is 3.06. The van der Waals surface area contributed by atoms with Crippen LogP contribution in [0.4, 0.5) is 0 Å². The van der Waals surface area contributed by atoms with E-state index in [4.69, 9.17) is 0 Å². The molecule has 0 bridgehead atoms. The molecule has 3 aliphatic rings. The molecule has 5 rings (SSSR count). The van der Waals surface area contributed by atoms with Crippen LogP contribution < -0.4 is 5.32 Å². The van der Waals surface area contributed by atoms with Crippen LogP contribution in [0, 0.1) is 18.8 Å². The lowest BCUT2D eigenvalue weighted by atomic mass is 9.87. The second-order valence-electron chi connectivity index (χ2n) is 8.76. The van der Waals surface area contributed by atoms with Crippen molar-refractivity contribution in [2.45, 2.75) is 51.5 Å². The van der Waals surface area contributed by atoms with Gasteiger partial charge in [-0.25, -0.2) is 0 Å². The molecule has 2 aromatic rings. The highest BCUT2D eigenvalue weighted by Gasteiger charge is 2.46. The van der Waals surface area contributed by atoms with Gasteiger partial charge in [-0.1, -0.05) is 24.3 Å². The van der Waals surface area contributed by atoms with E-state index in [0.717, 1.165) is 44.6 Å². The molecule has 0 radical (unpaired) electrons. The lowest BCUT2D eigenvalue weighted by Crippen LogP contribution is -2.35. The maximum Gasteiger partial charge on any atom is 0.223 e. The second-order valence-corrected chi connectivity index (χ2v) is 8.76. The normalized spacial score (nSPS) is 26.3. The average Bonchev–Trinajstić information content (AvgIpc) is 3.41. The first-order valence-electron chi connectivity index (χ1n) is 10.8. The first-order valence-corrected chi connectivity index (χ1v) is 10.8. The van der Waals surface area contributed by atoms with Crippen molar-refractivity contribution in [3.63, 3.8) is 0 Å². The number of nitrogens with zero attached hydrogens (tertiary/aromatic N) is 2. The van der Waals surface area contributed by atoms with Crippen LogP contribution in [0.2, 0.25) is 0 Å². The van der Waals surface area contributed by atoms with E-state index in [1.807, 2.05) is 0 Å². The molecule has 1 aliphatic carbocycles. The highest BCUT2D eigenvalue weighted by Crippen LogP contribution is 2.43. The van der Waals surface area contributed by atoms with Gasteiger partial charge in [-0.3, -0.25) is 9.89 Å². The number of hydrogen-bond donors (Lipinski definition) is 2. The maximum absolute atomic E-state index is 13.3. The Labute approximate surface area is 166 Å². The quantitative estimate of drug-likeness (QED) is 0.860. The van der Waals surface area contributed by atoms with Crippen molar-refractivity contribution < 1.29 is 4.79 Å². The molecule has 3 atom stereocenters. The smallest absolute Gasteiger partial charge is 0.223 e. The summed E-state index contributed by atoms with van der Waals surface area (Å²) in [7, 11) is 0. The van der Waals surface area contributed by atoms with E-state index in [1.54, 1.807) is 0 Å². The molecule has 2 saturated heterocycles. The summed E-state index contributed by atoms with van der Waals surface area (Å²) in [5.41, 5.74) is 6.42. The van der Waals surface area contributed by atoms with Crippen LogP contribution >= 0.6 is 0 Å². The van der Waals surface area contributed by atoms with Crippen LogP contribution in [0.15, 0.2) is 24.3 Å². The Balaban J connectivity index is 1.34. The van der Waals surface area contributed by atoms with Gasteiger partial charge >= 0.3 is 0 Å². The topological polar surface area (TPSA) is 61.0 Å². The molecule has 0 unspecified atom stereocenters. The summed E-state index contributed by atoms with van der Waals surface area (Å²) in [5.74, 6) is 1.39. The number of hydrogen-bond acceptors (Lipinski definition) is 3. The van der Waals surface area contributed by atoms with Crippen molar-refractivity contribution in [3.8, 4) is 0 Å². The summed E-state index contributed by atoms with van der Waals surface area (Å²) in [4.78, 5) is 15.5. The number of carbonyl (C=O) groups excluding carboxylic acids is 1. The second kappa shape index (κ2) is 7.36. The lowest BCUT2D eigenvalue weighted by molar-refractivity contribution is -0.132. The third-order valence-electron chi connectivity index (χ3n) is 7.11. The van der Waals surface area contributed by atoms with Gasteiger partial charge in [0, 0.05) is 44.1 Å². The minimum Gasteiger partial charge on any atom is -0.335 e. The standard InChI is InChI=1S/C23H30N4O/c1-15-6-2-3-7-17(15)23-19-13-24-12-16(19)14-27(23)22(28)11-10-21-18-8-4-5-9-20(18)25-26-21/h2-3,6-7,16,19,23-24H,4-5,8-14H2,1H3,(H,25,26)/t16-,19-,23+/m0/s1. The van der Waals surface area contributed by atoms with E-state index in [2.05, 4.69) is 51.6 Å². The van der Waals surface area contributed by atoms with Crippen molar-refractivity contribution in [1.82, 2.24) is 20.4 Å². The number of aryl methyl sites for hydroxylation is 3. The average molecular weight is 379 g/mol. The molecular formula is C23H30N4O. The van der Waals surface area contributed by atoms with E-state index in [1.165, 1.54) is 35.2 Å². The Morgan fingerprint density at radius 3 is 2.96 bits per heavy atom. The van der Waals surface area contributed by atoms with Gasteiger partial charge in [0.15, 0.2) is 0 Å². The number of aromatic amines is 1. The highest BCUT2D eigenvalue weighted by atomic mass is 16.2. The molecule has 5 nitrogen and oxygen atoms in total. The predicted molar refractivity (Wildman–Crippen MR) is 109 cm³/mol. The molecule has 0 spiro atoms. The maximum atomic E-state index is 13.3. The van der Waals surface area contributed by atoms with Crippen LogP contribution in [0.3, 0.4) is 0 Å². The van der Waals surface area contributed by atoms with Crippen molar-refractivity contribution in [2.24, 2.45) is 11.8 Å². The zero-order valence-corrected chi connectivity index (χ0v) is 16.7. The fourth-order valence-electron chi connectivity index (χ4n) is 5.62. The molecule has 1 amide bonds. The summed E-state index contributed by atoms with van der Waals surface area (Å²) in [6.45, 7) is 5.10. The van der Waals surface area contributed by atoms with E-state index in [-0.39, 0.29) is 11.9 Å². The molecule has 2 fully saturated rings. The molecule has 2 N–H and O–H groups in total. The zero-order chi connectivity index (χ0) is 19.1. The van der Waals surface area contributed by atoms with Crippen LogP contribution in [-0.4, -0.2) is 40.6 Å². The Kier molecular flexibility index (Phi) is 4.71. The Bertz CT molecular complexity index is 873. The summed E-state index contributed by atoms with van der Waals surface area (Å²) in [6, 6.07) is 8.79. The van der Waals surface area contributed by atoms with Crippen molar-refractivity contribution in [2.75, 3.05) is 19.6 Å². The SMILES string of the molecule is Cc1ccccc1[C@@H]1[C@H]2CNC[C@H]2CN1C(=O)CCc1n[nH]c2c1CCCC2. The molecule has 3 heterocycles. The first kappa shape index (κ1) is 17.9. The number of likely N-dealkylation sites (tertiary alicyclic amines) is 1. The van der Waals surface area contributed by atoms with E-state index < -0.39 is 0 Å². The van der Waals surface area contributed by atoms with Gasteiger partial charge in [-0.05, 0) is 55.2 Å². The molecule has 148 valence electrons. The van der Waals surface area contributed by atoms with Crippen LogP contribution in [0.25, 0.3) is 0 Å². The number of carbonyl (C=O) groups is 1. The Hall–Kier alpha value is -2.14. The van der Waals surface area contributed by atoms with Gasteiger partial charge < -0.3 is 10.2 Å². The summed E-state index contributed by atoms with van der Waals surface area (Å²) < 4.78 is 0. The number of rotatable bonds is 4. The number of aromatic nitrogens is 2. The number of amides is 1. The van der Waals surface area contributed by atoms with Crippen LogP contribution in [0.1, 0.15) is 53.4 Å². The number of benzene rings is 1.